The number of hydrogen-bond acceptors (Lipinski definition) is 2. The molecule has 0 saturated heterocycles. The van der Waals surface area contributed by atoms with Crippen molar-refractivity contribution in [3.05, 3.63) is 27.7 Å². The molecule has 2 nitrogen and oxygen atoms in total. The standard InChI is InChI=1S/C11H14BrNO/c1-7(6-13)9-4-8-2-3-14-11(8)10(12)5-9/h4-5,7H,2-3,6,13H2,1H3. The summed E-state index contributed by atoms with van der Waals surface area (Å²) in [5, 5.41) is 0. The van der Waals surface area contributed by atoms with E-state index in [9.17, 15) is 0 Å². The average Bonchev–Trinajstić information content (AvgIpc) is 2.64. The van der Waals surface area contributed by atoms with Gasteiger partial charge in [0, 0.05) is 6.42 Å². The zero-order valence-corrected chi connectivity index (χ0v) is 9.80. The Bertz CT molecular complexity index is 351. The van der Waals surface area contributed by atoms with E-state index in [1.54, 1.807) is 0 Å². The van der Waals surface area contributed by atoms with Crippen LogP contribution in [0.5, 0.6) is 5.75 Å². The summed E-state index contributed by atoms with van der Waals surface area (Å²) in [4.78, 5) is 0. The molecule has 1 atom stereocenters. The molecule has 2 rings (SSSR count). The molecule has 1 aliphatic heterocycles. The third kappa shape index (κ3) is 1.66. The van der Waals surface area contributed by atoms with Gasteiger partial charge in [-0.05, 0) is 45.6 Å². The topological polar surface area (TPSA) is 35.2 Å². The first-order chi connectivity index (χ1) is 6.72. The highest BCUT2D eigenvalue weighted by molar-refractivity contribution is 9.10. The molecule has 2 N–H and O–H groups in total. The lowest BCUT2D eigenvalue weighted by atomic mass is 9.98. The molecule has 0 radical (unpaired) electrons. The van der Waals surface area contributed by atoms with E-state index in [2.05, 4.69) is 35.0 Å². The first kappa shape index (κ1) is 9.99. The zero-order valence-electron chi connectivity index (χ0n) is 8.22. The maximum Gasteiger partial charge on any atom is 0.136 e. The third-order valence-corrected chi connectivity index (χ3v) is 3.27. The van der Waals surface area contributed by atoms with Crippen molar-refractivity contribution in [1.82, 2.24) is 0 Å². The Labute approximate surface area is 92.6 Å². The molecule has 1 aliphatic rings. The van der Waals surface area contributed by atoms with Crippen LogP contribution in [0.4, 0.5) is 0 Å². The van der Waals surface area contributed by atoms with Crippen LogP contribution >= 0.6 is 15.9 Å². The molecule has 76 valence electrons. The Kier molecular flexibility index (Phi) is 2.79. The van der Waals surface area contributed by atoms with Crippen molar-refractivity contribution in [1.29, 1.82) is 0 Å². The zero-order chi connectivity index (χ0) is 10.1. The van der Waals surface area contributed by atoms with Crippen LogP contribution in [0.25, 0.3) is 0 Å². The van der Waals surface area contributed by atoms with Gasteiger partial charge in [-0.1, -0.05) is 13.0 Å². The molecule has 0 aliphatic carbocycles. The van der Waals surface area contributed by atoms with Gasteiger partial charge in [0.15, 0.2) is 0 Å². The molecule has 0 aromatic heterocycles. The first-order valence-corrected chi connectivity index (χ1v) is 5.67. The Morgan fingerprint density at radius 1 is 1.57 bits per heavy atom. The fourth-order valence-corrected chi connectivity index (χ4v) is 2.34. The van der Waals surface area contributed by atoms with Gasteiger partial charge in [0.25, 0.3) is 0 Å². The maximum absolute atomic E-state index is 5.65. The lowest BCUT2D eigenvalue weighted by Crippen LogP contribution is -2.09. The van der Waals surface area contributed by atoms with Crippen LogP contribution in [0.1, 0.15) is 24.0 Å². The molecule has 1 unspecified atom stereocenters. The third-order valence-electron chi connectivity index (χ3n) is 2.68. The summed E-state index contributed by atoms with van der Waals surface area (Å²) in [6.45, 7) is 3.63. The Morgan fingerprint density at radius 3 is 3.07 bits per heavy atom. The molecule has 3 heteroatoms. The second-order valence-electron chi connectivity index (χ2n) is 3.73. The fourth-order valence-electron chi connectivity index (χ4n) is 1.70. The number of hydrogen-bond donors (Lipinski definition) is 1. The minimum Gasteiger partial charge on any atom is -0.492 e. The van der Waals surface area contributed by atoms with E-state index in [4.69, 9.17) is 10.5 Å². The first-order valence-electron chi connectivity index (χ1n) is 4.87. The quantitative estimate of drug-likeness (QED) is 0.882. The van der Waals surface area contributed by atoms with Crippen LogP contribution < -0.4 is 10.5 Å². The molecule has 0 spiro atoms. The average molecular weight is 256 g/mol. The van der Waals surface area contributed by atoms with E-state index in [-0.39, 0.29) is 0 Å². The second-order valence-corrected chi connectivity index (χ2v) is 4.58. The second kappa shape index (κ2) is 3.91. The largest absolute Gasteiger partial charge is 0.492 e. The van der Waals surface area contributed by atoms with Gasteiger partial charge in [-0.15, -0.1) is 0 Å². The molecule has 0 fully saturated rings. The highest BCUT2D eigenvalue weighted by Gasteiger charge is 2.17. The highest BCUT2D eigenvalue weighted by atomic mass is 79.9. The van der Waals surface area contributed by atoms with Crippen molar-refractivity contribution in [3.8, 4) is 5.75 Å². The normalized spacial score (nSPS) is 16.2. The Hall–Kier alpha value is -0.540. The summed E-state index contributed by atoms with van der Waals surface area (Å²) in [5.74, 6) is 1.43. The van der Waals surface area contributed by atoms with Crippen LogP contribution in [0.15, 0.2) is 16.6 Å². The van der Waals surface area contributed by atoms with Crippen molar-refractivity contribution in [2.75, 3.05) is 13.2 Å². The number of ether oxygens (including phenoxy) is 1. The van der Waals surface area contributed by atoms with E-state index in [0.29, 0.717) is 12.5 Å². The SMILES string of the molecule is CC(CN)c1cc(Br)c2c(c1)CCO2. The van der Waals surface area contributed by atoms with E-state index >= 15 is 0 Å². The molecule has 0 amide bonds. The van der Waals surface area contributed by atoms with Crippen molar-refractivity contribution in [2.24, 2.45) is 5.73 Å². The van der Waals surface area contributed by atoms with Gasteiger partial charge < -0.3 is 10.5 Å². The van der Waals surface area contributed by atoms with Crippen molar-refractivity contribution < 1.29 is 4.74 Å². The van der Waals surface area contributed by atoms with Gasteiger partial charge >= 0.3 is 0 Å². The summed E-state index contributed by atoms with van der Waals surface area (Å²) in [5.41, 5.74) is 8.25. The smallest absolute Gasteiger partial charge is 0.136 e. The lowest BCUT2D eigenvalue weighted by Gasteiger charge is -2.11. The summed E-state index contributed by atoms with van der Waals surface area (Å²) < 4.78 is 6.58. The van der Waals surface area contributed by atoms with Crippen LogP contribution in [-0.4, -0.2) is 13.2 Å². The monoisotopic (exact) mass is 255 g/mol. The predicted octanol–water partition coefficient (Wildman–Crippen LogP) is 2.45. The van der Waals surface area contributed by atoms with Crippen LogP contribution in [0.3, 0.4) is 0 Å². The molecule has 0 bridgehead atoms. The van der Waals surface area contributed by atoms with E-state index in [1.807, 2.05) is 0 Å². The summed E-state index contributed by atoms with van der Waals surface area (Å²) in [6.07, 6.45) is 1.01. The molecule has 1 aromatic carbocycles. The van der Waals surface area contributed by atoms with Crippen LogP contribution in [0, 0.1) is 0 Å². The number of rotatable bonds is 2. The molecular formula is C11H14BrNO. The Morgan fingerprint density at radius 2 is 2.36 bits per heavy atom. The van der Waals surface area contributed by atoms with E-state index in [1.165, 1.54) is 11.1 Å². The van der Waals surface area contributed by atoms with Gasteiger partial charge in [0.1, 0.15) is 5.75 Å². The molecule has 1 aromatic rings. The van der Waals surface area contributed by atoms with Crippen molar-refractivity contribution >= 4 is 15.9 Å². The number of nitrogens with two attached hydrogens (primary N) is 1. The maximum atomic E-state index is 5.65. The van der Waals surface area contributed by atoms with Crippen molar-refractivity contribution in [3.63, 3.8) is 0 Å². The van der Waals surface area contributed by atoms with Crippen LogP contribution in [-0.2, 0) is 6.42 Å². The van der Waals surface area contributed by atoms with E-state index < -0.39 is 0 Å². The van der Waals surface area contributed by atoms with E-state index in [0.717, 1.165) is 23.2 Å². The summed E-state index contributed by atoms with van der Waals surface area (Å²) in [6, 6.07) is 4.33. The van der Waals surface area contributed by atoms with Gasteiger partial charge in [-0.25, -0.2) is 0 Å². The van der Waals surface area contributed by atoms with Gasteiger partial charge in [0.05, 0.1) is 11.1 Å². The highest BCUT2D eigenvalue weighted by Crippen LogP contribution is 2.36. The fraction of sp³-hybridized carbons (Fsp3) is 0.455. The van der Waals surface area contributed by atoms with Gasteiger partial charge in [0.2, 0.25) is 0 Å². The summed E-state index contributed by atoms with van der Waals surface area (Å²) >= 11 is 3.53. The number of halogens is 1. The summed E-state index contributed by atoms with van der Waals surface area (Å²) in [7, 11) is 0. The lowest BCUT2D eigenvalue weighted by molar-refractivity contribution is 0.355. The van der Waals surface area contributed by atoms with Gasteiger partial charge in [-0.3, -0.25) is 0 Å². The molecule has 1 heterocycles. The predicted molar refractivity (Wildman–Crippen MR) is 60.8 cm³/mol. The van der Waals surface area contributed by atoms with Gasteiger partial charge in [-0.2, -0.15) is 0 Å². The molecule has 0 saturated carbocycles. The number of fused-ring (bicyclic) bond motifs is 1. The van der Waals surface area contributed by atoms with Crippen LogP contribution in [0.2, 0.25) is 0 Å². The van der Waals surface area contributed by atoms with Crippen molar-refractivity contribution in [2.45, 2.75) is 19.3 Å². The molecular weight excluding hydrogens is 242 g/mol. The molecule has 14 heavy (non-hydrogen) atoms. The number of benzene rings is 1. The minimum atomic E-state index is 0.414. The Balaban J connectivity index is 2.41. The minimum absolute atomic E-state index is 0.414.